The van der Waals surface area contributed by atoms with Gasteiger partial charge in [-0.1, -0.05) is 31.2 Å². The summed E-state index contributed by atoms with van der Waals surface area (Å²) in [6.07, 6.45) is 9.49. The second-order valence-electron chi connectivity index (χ2n) is 11.5. The molecule has 9 nitrogen and oxygen atoms in total. The number of amides is 1. The molecule has 1 aliphatic carbocycles. The molecule has 5 rings (SSSR count). The van der Waals surface area contributed by atoms with E-state index >= 15 is 0 Å². The van der Waals surface area contributed by atoms with Crippen molar-refractivity contribution in [3.63, 3.8) is 0 Å². The van der Waals surface area contributed by atoms with Crippen molar-refractivity contribution in [1.29, 1.82) is 5.26 Å². The summed E-state index contributed by atoms with van der Waals surface area (Å²) < 4.78 is 3.55. The molecule has 9 heteroatoms. The number of carbonyl (C=O) groups excluding carboxylic acids is 3. The van der Waals surface area contributed by atoms with Crippen molar-refractivity contribution in [2.24, 2.45) is 17.8 Å². The molecule has 0 spiro atoms. The summed E-state index contributed by atoms with van der Waals surface area (Å²) in [5, 5.41) is 9.69. The zero-order chi connectivity index (χ0) is 29.1. The first kappa shape index (κ1) is 28.3. The van der Waals surface area contributed by atoms with Gasteiger partial charge in [-0.25, -0.2) is 4.58 Å². The van der Waals surface area contributed by atoms with Gasteiger partial charge in [-0.05, 0) is 60.7 Å². The molecule has 1 amide bonds. The van der Waals surface area contributed by atoms with Crippen LogP contribution in [0.4, 0.5) is 5.82 Å². The summed E-state index contributed by atoms with van der Waals surface area (Å²) in [5.74, 6) is 1.07. The van der Waals surface area contributed by atoms with E-state index in [1.165, 1.54) is 6.33 Å². The second-order valence-corrected chi connectivity index (χ2v) is 11.5. The number of hydrogen-bond donors (Lipinski definition) is 0. The van der Waals surface area contributed by atoms with Crippen LogP contribution >= 0.6 is 0 Å². The van der Waals surface area contributed by atoms with Crippen molar-refractivity contribution in [2.75, 3.05) is 20.1 Å². The average molecular weight is 554 g/mol. The third kappa shape index (κ3) is 5.97. The molecule has 0 N–H and O–H groups in total. The van der Waals surface area contributed by atoms with Crippen LogP contribution in [0.2, 0.25) is 0 Å². The minimum absolute atomic E-state index is 0.0810. The Bertz CT molecular complexity index is 1530. The zero-order valence-corrected chi connectivity index (χ0v) is 24.0. The number of likely N-dealkylation sites (tertiary alicyclic amines) is 1. The average Bonchev–Trinajstić information content (AvgIpc) is 3.59. The maximum absolute atomic E-state index is 13.6. The summed E-state index contributed by atoms with van der Waals surface area (Å²) in [4.78, 5) is 48.7. The molecule has 212 valence electrons. The fourth-order valence-corrected chi connectivity index (χ4v) is 6.14. The van der Waals surface area contributed by atoms with Gasteiger partial charge in [0.1, 0.15) is 17.6 Å². The number of Topliss-reactive ketones (excluding diaryl/α,β-unsaturated/α-hetero) is 1. The largest absolute Gasteiger partial charge is 0.341 e. The Morgan fingerprint density at radius 3 is 2.68 bits per heavy atom. The number of nitrogens with zero attached hydrogens (tertiary/aromatic N) is 6. The number of benzene rings is 1. The molecule has 41 heavy (non-hydrogen) atoms. The van der Waals surface area contributed by atoms with E-state index in [0.29, 0.717) is 42.7 Å². The highest BCUT2D eigenvalue weighted by atomic mass is 16.2. The van der Waals surface area contributed by atoms with Crippen molar-refractivity contribution < 1.29 is 19.0 Å². The monoisotopic (exact) mass is 553 g/mol. The van der Waals surface area contributed by atoms with Gasteiger partial charge in [0.2, 0.25) is 18.1 Å². The first-order valence-electron chi connectivity index (χ1n) is 14.5. The molecule has 1 aliphatic heterocycles. The molecule has 3 heterocycles. The van der Waals surface area contributed by atoms with Gasteiger partial charge in [0.25, 0.3) is 0 Å². The van der Waals surface area contributed by atoms with E-state index < -0.39 is 0 Å². The Morgan fingerprint density at radius 1 is 1.20 bits per heavy atom. The van der Waals surface area contributed by atoms with E-state index in [2.05, 4.69) is 23.1 Å². The van der Waals surface area contributed by atoms with Gasteiger partial charge in [0.15, 0.2) is 5.65 Å². The highest BCUT2D eigenvalue weighted by Gasteiger charge is 2.30. The number of carbonyl (C=O) groups is 3. The SMILES string of the molecule is CC(C(=O)n1ccc2c(/[N+](C)=C\C3CN(C(=O)CC#N)CC[C@H]3C)ncnc21)c1ccc(CC2CCCC2=O)cc1. The molecule has 2 aromatic heterocycles. The lowest BCUT2D eigenvalue weighted by Crippen LogP contribution is -2.44. The standard InChI is InChI=1S/C32H37N6O3/c1-21-12-15-37(29(40)11-14-33)19-26(21)18-36(3)30-27-13-16-38(31(27)35-20-34-30)32(41)22(2)24-9-7-23(8-10-24)17-25-5-4-6-28(25)39/h7-10,13,16,18,20-22,25-26H,4-6,11-12,15,17,19H2,1-3H3/q+1/b36-18-/t21-,22?,25?,26?/m1/s1. The van der Waals surface area contributed by atoms with Gasteiger partial charge in [0.05, 0.1) is 25.2 Å². The van der Waals surface area contributed by atoms with Gasteiger partial charge < -0.3 is 4.90 Å². The first-order chi connectivity index (χ1) is 19.8. The Balaban J connectivity index is 1.33. The highest BCUT2D eigenvalue weighted by Crippen LogP contribution is 2.29. The molecule has 1 aromatic carbocycles. The number of hydrogen-bond acceptors (Lipinski definition) is 6. The number of rotatable bonds is 7. The summed E-state index contributed by atoms with van der Waals surface area (Å²) >= 11 is 0. The molecule has 1 saturated carbocycles. The lowest BCUT2D eigenvalue weighted by atomic mass is 9.87. The molecule has 2 aliphatic rings. The summed E-state index contributed by atoms with van der Waals surface area (Å²) in [6, 6.07) is 11.9. The van der Waals surface area contributed by atoms with Gasteiger partial charge in [-0.3, -0.25) is 19.0 Å². The quantitative estimate of drug-likeness (QED) is 0.314. The minimum Gasteiger partial charge on any atom is -0.341 e. The van der Waals surface area contributed by atoms with Crippen molar-refractivity contribution in [2.45, 2.75) is 58.3 Å². The molecule has 0 radical (unpaired) electrons. The van der Waals surface area contributed by atoms with Gasteiger partial charge in [-0.15, -0.1) is 0 Å². The lowest BCUT2D eigenvalue weighted by molar-refractivity contribution is -0.405. The number of fused-ring (bicyclic) bond motifs is 1. The van der Waals surface area contributed by atoms with E-state index in [1.807, 2.05) is 54.9 Å². The molecule has 2 fully saturated rings. The third-order valence-electron chi connectivity index (χ3n) is 8.81. The Morgan fingerprint density at radius 2 is 1.98 bits per heavy atom. The van der Waals surface area contributed by atoms with Gasteiger partial charge in [-0.2, -0.15) is 10.2 Å². The van der Waals surface area contributed by atoms with Crippen LogP contribution in [0.5, 0.6) is 0 Å². The first-order valence-corrected chi connectivity index (χ1v) is 14.5. The van der Waals surface area contributed by atoms with Gasteiger partial charge >= 0.3 is 5.82 Å². The maximum atomic E-state index is 13.6. The summed E-state index contributed by atoms with van der Waals surface area (Å²) in [5.41, 5.74) is 2.59. The Labute approximate surface area is 240 Å². The lowest BCUT2D eigenvalue weighted by Gasteiger charge is -2.34. The fourth-order valence-electron chi connectivity index (χ4n) is 6.14. The summed E-state index contributed by atoms with van der Waals surface area (Å²) in [6.45, 7) is 5.30. The van der Waals surface area contributed by atoms with Crippen LogP contribution in [-0.4, -0.2) is 68.0 Å². The molecular formula is C32H37N6O3+. The minimum atomic E-state index is -0.379. The highest BCUT2D eigenvalue weighted by molar-refractivity contribution is 5.96. The van der Waals surface area contributed by atoms with Crippen molar-refractivity contribution in [1.82, 2.24) is 19.4 Å². The predicted octanol–water partition coefficient (Wildman–Crippen LogP) is 4.53. The van der Waals surface area contributed by atoms with Crippen molar-refractivity contribution in [3.8, 4) is 6.07 Å². The predicted molar refractivity (Wildman–Crippen MR) is 155 cm³/mol. The van der Waals surface area contributed by atoms with E-state index in [-0.39, 0.29) is 36.0 Å². The van der Waals surface area contributed by atoms with Crippen LogP contribution in [0.15, 0.2) is 42.9 Å². The number of piperidine rings is 1. The zero-order valence-electron chi connectivity index (χ0n) is 24.0. The smallest absolute Gasteiger partial charge is 0.335 e. The normalized spacial score (nSPS) is 22.1. The number of aromatic nitrogens is 3. The Hall–Kier alpha value is -4.19. The van der Waals surface area contributed by atoms with E-state index in [0.717, 1.165) is 42.2 Å². The van der Waals surface area contributed by atoms with E-state index in [4.69, 9.17) is 5.26 Å². The molecule has 0 bridgehead atoms. The van der Waals surface area contributed by atoms with Crippen LogP contribution < -0.4 is 0 Å². The Kier molecular flexibility index (Phi) is 8.39. The summed E-state index contributed by atoms with van der Waals surface area (Å²) in [7, 11) is 1.92. The molecule has 1 saturated heterocycles. The van der Waals surface area contributed by atoms with Crippen LogP contribution in [0.25, 0.3) is 11.0 Å². The van der Waals surface area contributed by atoms with Crippen LogP contribution in [0, 0.1) is 29.1 Å². The van der Waals surface area contributed by atoms with E-state index in [1.54, 1.807) is 15.7 Å². The van der Waals surface area contributed by atoms with Gasteiger partial charge in [0, 0.05) is 37.5 Å². The second kappa shape index (κ2) is 12.1. The number of nitriles is 1. The molecule has 4 atom stereocenters. The number of ketones is 1. The van der Waals surface area contributed by atoms with Crippen molar-refractivity contribution >= 4 is 40.7 Å². The topological polar surface area (TPSA) is 112 Å². The van der Waals surface area contributed by atoms with Crippen LogP contribution in [-0.2, 0) is 16.0 Å². The van der Waals surface area contributed by atoms with Crippen LogP contribution in [0.3, 0.4) is 0 Å². The van der Waals surface area contributed by atoms with E-state index in [9.17, 15) is 14.4 Å². The van der Waals surface area contributed by atoms with Crippen molar-refractivity contribution in [3.05, 3.63) is 54.0 Å². The molecular weight excluding hydrogens is 516 g/mol. The fraction of sp³-hybridized carbons (Fsp3) is 0.469. The van der Waals surface area contributed by atoms with Crippen LogP contribution in [0.1, 0.15) is 67.8 Å². The third-order valence-corrected chi connectivity index (χ3v) is 8.81. The molecule has 3 aromatic rings. The molecule has 3 unspecified atom stereocenters. The maximum Gasteiger partial charge on any atom is 0.335 e.